The van der Waals surface area contributed by atoms with Crippen LogP contribution in [0, 0.1) is 0 Å². The summed E-state index contributed by atoms with van der Waals surface area (Å²) in [5.41, 5.74) is 0. The fourth-order valence-corrected chi connectivity index (χ4v) is 6.71. The van der Waals surface area contributed by atoms with E-state index in [-0.39, 0.29) is 38.0 Å². The molecule has 0 aromatic rings. The highest BCUT2D eigenvalue weighted by Crippen LogP contribution is 2.13. The Kier molecular flexibility index (Phi) is 50.6. The first-order valence-corrected chi connectivity index (χ1v) is 26.7. The van der Waals surface area contributed by atoms with Crippen molar-refractivity contribution in [2.24, 2.45) is 0 Å². The highest BCUT2D eigenvalue weighted by atomic mass is 16.6. The highest BCUT2D eigenvalue weighted by molar-refractivity contribution is 5.71. The SMILES string of the molecule is CC/C=C\C/C=C\C/C=C\C/C=C\C/C=C\CCC(=O)OCC(COC(=O)CCCCCCCCC/C=C\CCCCCCCC)OC(=O)CC/C=C\C/C=C\C/C=C\C/C=C\C/C=C\CC. The summed E-state index contributed by atoms with van der Waals surface area (Å²) in [5.74, 6) is -1.12. The van der Waals surface area contributed by atoms with Gasteiger partial charge in [0.1, 0.15) is 13.2 Å². The van der Waals surface area contributed by atoms with Crippen LogP contribution in [0.1, 0.15) is 213 Å². The summed E-state index contributed by atoms with van der Waals surface area (Å²) in [6, 6.07) is 0. The molecule has 0 fully saturated rings. The first kappa shape index (κ1) is 62.5. The van der Waals surface area contributed by atoms with Gasteiger partial charge in [-0.2, -0.15) is 0 Å². The van der Waals surface area contributed by atoms with Crippen molar-refractivity contribution in [2.45, 2.75) is 219 Å². The number of carbonyl (C=O) groups excluding carboxylic acids is 3. The lowest BCUT2D eigenvalue weighted by atomic mass is 10.1. The predicted octanol–water partition coefficient (Wildman–Crippen LogP) is 17.9. The number of hydrogen-bond acceptors (Lipinski definition) is 6. The van der Waals surface area contributed by atoms with Crippen LogP contribution in [-0.2, 0) is 28.6 Å². The molecule has 0 spiro atoms. The summed E-state index contributed by atoms with van der Waals surface area (Å²) in [5, 5.41) is 0. The number of hydrogen-bond donors (Lipinski definition) is 0. The molecule has 0 aliphatic carbocycles. The second kappa shape index (κ2) is 54.2. The van der Waals surface area contributed by atoms with Crippen molar-refractivity contribution in [2.75, 3.05) is 13.2 Å². The van der Waals surface area contributed by atoms with Gasteiger partial charge in [-0.05, 0) is 109 Å². The van der Waals surface area contributed by atoms with E-state index in [1.165, 1.54) is 77.0 Å². The average molecular weight is 925 g/mol. The Balaban J connectivity index is 4.61. The quantitative estimate of drug-likeness (QED) is 0.0262. The lowest BCUT2D eigenvalue weighted by Gasteiger charge is -2.18. The molecular weight excluding hydrogens is 829 g/mol. The minimum Gasteiger partial charge on any atom is -0.462 e. The molecule has 0 aromatic carbocycles. The molecule has 6 heteroatoms. The maximum Gasteiger partial charge on any atom is 0.306 e. The minimum atomic E-state index is -0.854. The summed E-state index contributed by atoms with van der Waals surface area (Å²) < 4.78 is 16.7. The lowest BCUT2D eigenvalue weighted by Crippen LogP contribution is -2.30. The van der Waals surface area contributed by atoms with Crippen LogP contribution in [0.4, 0.5) is 0 Å². The van der Waals surface area contributed by atoms with E-state index in [0.29, 0.717) is 19.3 Å². The molecular formula is C61H96O6. The van der Waals surface area contributed by atoms with Crippen molar-refractivity contribution in [3.63, 3.8) is 0 Å². The van der Waals surface area contributed by atoms with Crippen molar-refractivity contribution in [1.29, 1.82) is 0 Å². The Bertz CT molecular complexity index is 1480. The largest absolute Gasteiger partial charge is 0.462 e. The molecule has 0 heterocycles. The molecule has 1 unspecified atom stereocenters. The maximum absolute atomic E-state index is 12.8. The van der Waals surface area contributed by atoms with Crippen molar-refractivity contribution in [3.8, 4) is 0 Å². The molecule has 0 amide bonds. The smallest absolute Gasteiger partial charge is 0.306 e. The summed E-state index contributed by atoms with van der Waals surface area (Å²) in [6.45, 7) is 6.26. The van der Waals surface area contributed by atoms with Crippen molar-refractivity contribution >= 4 is 17.9 Å². The topological polar surface area (TPSA) is 78.9 Å². The molecule has 6 nitrogen and oxygen atoms in total. The van der Waals surface area contributed by atoms with Gasteiger partial charge in [-0.3, -0.25) is 14.4 Å². The number of ether oxygens (including phenoxy) is 3. The number of carbonyl (C=O) groups is 3. The van der Waals surface area contributed by atoms with Gasteiger partial charge >= 0.3 is 17.9 Å². The summed E-state index contributed by atoms with van der Waals surface area (Å²) in [4.78, 5) is 38.0. The van der Waals surface area contributed by atoms with Gasteiger partial charge in [0.05, 0.1) is 0 Å². The van der Waals surface area contributed by atoms with Crippen LogP contribution in [0.5, 0.6) is 0 Å². The lowest BCUT2D eigenvalue weighted by molar-refractivity contribution is -0.166. The van der Waals surface area contributed by atoms with Gasteiger partial charge in [0.2, 0.25) is 0 Å². The van der Waals surface area contributed by atoms with Crippen molar-refractivity contribution in [1.82, 2.24) is 0 Å². The molecule has 0 N–H and O–H groups in total. The maximum atomic E-state index is 12.8. The predicted molar refractivity (Wildman–Crippen MR) is 288 cm³/mol. The Labute approximate surface area is 411 Å². The van der Waals surface area contributed by atoms with E-state index in [2.05, 4.69) is 130 Å². The van der Waals surface area contributed by atoms with Gasteiger partial charge in [-0.1, -0.05) is 219 Å². The second-order valence-corrected chi connectivity index (χ2v) is 17.0. The monoisotopic (exact) mass is 925 g/mol. The summed E-state index contributed by atoms with van der Waals surface area (Å²) in [7, 11) is 0. The Morgan fingerprint density at radius 3 is 1.00 bits per heavy atom. The number of esters is 3. The van der Waals surface area contributed by atoms with Gasteiger partial charge in [-0.25, -0.2) is 0 Å². The summed E-state index contributed by atoms with van der Waals surface area (Å²) in [6.07, 6.45) is 76.0. The molecule has 67 heavy (non-hydrogen) atoms. The molecule has 0 saturated carbocycles. The fraction of sp³-hybridized carbons (Fsp3) is 0.590. The molecule has 0 rings (SSSR count). The number of allylic oxidation sites excluding steroid dienone is 22. The van der Waals surface area contributed by atoms with E-state index in [4.69, 9.17) is 14.2 Å². The molecule has 376 valence electrons. The number of rotatable bonds is 46. The second-order valence-electron chi connectivity index (χ2n) is 17.0. The highest BCUT2D eigenvalue weighted by Gasteiger charge is 2.19. The van der Waals surface area contributed by atoms with Gasteiger partial charge in [0.25, 0.3) is 0 Å². The first-order valence-electron chi connectivity index (χ1n) is 26.7. The summed E-state index contributed by atoms with van der Waals surface area (Å²) >= 11 is 0. The third-order valence-electron chi connectivity index (χ3n) is 10.6. The van der Waals surface area contributed by atoms with Crippen LogP contribution in [0.2, 0.25) is 0 Å². The molecule has 0 saturated heterocycles. The van der Waals surface area contributed by atoms with Crippen LogP contribution < -0.4 is 0 Å². The van der Waals surface area contributed by atoms with E-state index >= 15 is 0 Å². The first-order chi connectivity index (χ1) is 33.0. The molecule has 0 radical (unpaired) electrons. The Hall–Kier alpha value is -4.45. The average Bonchev–Trinajstić information content (AvgIpc) is 3.33. The molecule has 1 atom stereocenters. The van der Waals surface area contributed by atoms with Gasteiger partial charge in [0, 0.05) is 19.3 Å². The number of unbranched alkanes of at least 4 members (excludes halogenated alkanes) is 13. The van der Waals surface area contributed by atoms with E-state index in [1.807, 2.05) is 24.3 Å². The molecule has 0 aromatic heterocycles. The van der Waals surface area contributed by atoms with E-state index in [1.54, 1.807) is 0 Å². The molecule has 0 bridgehead atoms. The van der Waals surface area contributed by atoms with Crippen molar-refractivity contribution in [3.05, 3.63) is 134 Å². The van der Waals surface area contributed by atoms with Crippen LogP contribution >= 0.6 is 0 Å². The third kappa shape index (κ3) is 52.4. The standard InChI is InChI=1S/C61H96O6/c1-4-7-10-13-16-19-22-25-28-31-34-36-39-42-45-48-51-54-60(63)66-57-58(67-61(64)55-52-49-46-43-40-37-33-30-27-24-21-18-15-12-9-6-3)56-65-59(62)53-50-47-44-41-38-35-32-29-26-23-20-17-14-11-8-5-2/h8-9,11-12,17-18,20-21,25-30,35,37-38,40,44,46-47,49,58H,4-7,10,13-16,19,22-24,31-34,36,39,41-43,45,48,50-57H2,1-3H3/b11-8-,12-9-,20-17-,21-18-,28-25-,29-26-,30-27-,38-35-,40-37-,47-44-,49-46-. The fourth-order valence-electron chi connectivity index (χ4n) is 6.71. The van der Waals surface area contributed by atoms with Crippen LogP contribution in [0.25, 0.3) is 0 Å². The third-order valence-corrected chi connectivity index (χ3v) is 10.6. The zero-order valence-corrected chi connectivity index (χ0v) is 42.9. The van der Waals surface area contributed by atoms with Gasteiger partial charge in [0.15, 0.2) is 6.10 Å². The minimum absolute atomic E-state index is 0.137. The Morgan fingerprint density at radius 1 is 0.313 bits per heavy atom. The van der Waals surface area contributed by atoms with E-state index in [9.17, 15) is 14.4 Å². The van der Waals surface area contributed by atoms with Crippen LogP contribution in [0.15, 0.2) is 134 Å². The molecule has 0 aliphatic rings. The van der Waals surface area contributed by atoms with Crippen molar-refractivity contribution < 1.29 is 28.6 Å². The van der Waals surface area contributed by atoms with Crippen LogP contribution in [-0.4, -0.2) is 37.2 Å². The molecule has 0 aliphatic heterocycles. The Morgan fingerprint density at radius 2 is 0.612 bits per heavy atom. The zero-order valence-electron chi connectivity index (χ0n) is 42.9. The van der Waals surface area contributed by atoms with Gasteiger partial charge in [-0.15, -0.1) is 0 Å². The van der Waals surface area contributed by atoms with Crippen LogP contribution in [0.3, 0.4) is 0 Å². The van der Waals surface area contributed by atoms with E-state index in [0.717, 1.165) is 83.5 Å². The van der Waals surface area contributed by atoms with E-state index < -0.39 is 12.1 Å². The normalized spacial score (nSPS) is 13.2. The zero-order chi connectivity index (χ0) is 48.6. The van der Waals surface area contributed by atoms with Gasteiger partial charge < -0.3 is 14.2 Å².